The number of aromatic nitrogens is 4. The molecule has 37 heavy (non-hydrogen) atoms. The highest BCUT2D eigenvalue weighted by Crippen LogP contribution is 2.34. The number of fused-ring (bicyclic) bond motifs is 1. The number of anilines is 3. The van der Waals surface area contributed by atoms with Crippen molar-refractivity contribution in [2.45, 2.75) is 0 Å². The van der Waals surface area contributed by atoms with Gasteiger partial charge in [-0.3, -0.25) is 4.79 Å². The Bertz CT molecular complexity index is 1600. The molecule has 0 aliphatic heterocycles. The first kappa shape index (κ1) is 23.7. The van der Waals surface area contributed by atoms with Crippen LogP contribution in [-0.4, -0.2) is 39.6 Å². The Labute approximate surface area is 211 Å². The van der Waals surface area contributed by atoms with Gasteiger partial charge in [-0.25, -0.2) is 19.3 Å². The molecule has 0 atom stereocenters. The highest BCUT2D eigenvalue weighted by Gasteiger charge is 2.17. The molecule has 0 radical (unpaired) electrons. The minimum Gasteiger partial charge on any atom is -0.495 e. The van der Waals surface area contributed by atoms with E-state index in [9.17, 15) is 9.18 Å². The molecule has 186 valence electrons. The third-order valence-electron chi connectivity index (χ3n) is 5.82. The van der Waals surface area contributed by atoms with Gasteiger partial charge in [0.25, 0.3) is 5.91 Å². The summed E-state index contributed by atoms with van der Waals surface area (Å²) in [5.41, 5.74) is 3.17. The van der Waals surface area contributed by atoms with Crippen LogP contribution in [0.5, 0.6) is 11.5 Å². The first-order valence-electron chi connectivity index (χ1n) is 11.3. The van der Waals surface area contributed by atoms with Gasteiger partial charge in [-0.05, 0) is 30.3 Å². The number of para-hydroxylation sites is 1. The fourth-order valence-electron chi connectivity index (χ4n) is 3.97. The van der Waals surface area contributed by atoms with Crippen LogP contribution in [0.25, 0.3) is 22.2 Å². The van der Waals surface area contributed by atoms with E-state index in [4.69, 9.17) is 9.47 Å². The van der Waals surface area contributed by atoms with E-state index in [1.807, 2.05) is 48.1 Å². The predicted octanol–water partition coefficient (Wildman–Crippen LogP) is 5.18. The van der Waals surface area contributed by atoms with Crippen molar-refractivity contribution in [3.8, 4) is 22.8 Å². The van der Waals surface area contributed by atoms with Gasteiger partial charge in [0.2, 0.25) is 5.95 Å². The lowest BCUT2D eigenvalue weighted by Crippen LogP contribution is -2.15. The van der Waals surface area contributed by atoms with Crippen LogP contribution >= 0.6 is 0 Å². The standard InChI is InChI=1S/C27H23FN6O3/c1-34-15-18(17-6-4-5-7-24(17)34)20-10-11-29-27(32-20)33-23-13-22(19(28)12-25(23)37-3)31-26(35)21-9-8-16(36-2)14-30-21/h4-15H,1-3H3,(H,31,35)(H,29,32,33). The number of nitrogens with one attached hydrogen (secondary N) is 2. The molecule has 10 heteroatoms. The van der Waals surface area contributed by atoms with Crippen molar-refractivity contribution in [2.24, 2.45) is 7.05 Å². The predicted molar refractivity (Wildman–Crippen MR) is 139 cm³/mol. The van der Waals surface area contributed by atoms with E-state index in [0.717, 1.165) is 22.2 Å². The molecule has 5 rings (SSSR count). The maximum Gasteiger partial charge on any atom is 0.274 e. The first-order chi connectivity index (χ1) is 18.0. The number of carbonyl (C=O) groups is 1. The number of hydrogen-bond donors (Lipinski definition) is 2. The molecule has 5 aromatic rings. The molecule has 0 unspecified atom stereocenters. The molecule has 2 N–H and O–H groups in total. The molecule has 0 spiro atoms. The number of pyridine rings is 1. The van der Waals surface area contributed by atoms with Gasteiger partial charge < -0.3 is 24.7 Å². The molecule has 1 amide bonds. The third kappa shape index (κ3) is 4.76. The number of carbonyl (C=O) groups excluding carboxylic acids is 1. The number of ether oxygens (including phenoxy) is 2. The smallest absolute Gasteiger partial charge is 0.274 e. The summed E-state index contributed by atoms with van der Waals surface area (Å²) < 4.78 is 27.2. The van der Waals surface area contributed by atoms with E-state index in [1.165, 1.54) is 38.6 Å². The Morgan fingerprint density at radius 2 is 1.84 bits per heavy atom. The van der Waals surface area contributed by atoms with E-state index < -0.39 is 11.7 Å². The van der Waals surface area contributed by atoms with Crippen LogP contribution in [0.3, 0.4) is 0 Å². The summed E-state index contributed by atoms with van der Waals surface area (Å²) in [6.07, 6.45) is 5.06. The number of aryl methyl sites for hydroxylation is 1. The monoisotopic (exact) mass is 498 g/mol. The molecule has 0 bridgehead atoms. The number of halogens is 1. The average molecular weight is 499 g/mol. The lowest BCUT2D eigenvalue weighted by Gasteiger charge is -2.14. The zero-order valence-corrected chi connectivity index (χ0v) is 20.3. The van der Waals surface area contributed by atoms with Gasteiger partial charge >= 0.3 is 0 Å². The highest BCUT2D eigenvalue weighted by atomic mass is 19.1. The summed E-state index contributed by atoms with van der Waals surface area (Å²) in [5.74, 6) is -0.243. The Morgan fingerprint density at radius 1 is 1.00 bits per heavy atom. The molecule has 3 heterocycles. The van der Waals surface area contributed by atoms with Crippen molar-refractivity contribution < 1.29 is 18.7 Å². The van der Waals surface area contributed by atoms with Crippen molar-refractivity contribution in [2.75, 3.05) is 24.9 Å². The summed E-state index contributed by atoms with van der Waals surface area (Å²) in [6.45, 7) is 0. The Balaban J connectivity index is 1.44. The number of methoxy groups -OCH3 is 2. The first-order valence-corrected chi connectivity index (χ1v) is 11.3. The zero-order chi connectivity index (χ0) is 25.9. The molecular formula is C27H23FN6O3. The number of amides is 1. The molecule has 3 aromatic heterocycles. The van der Waals surface area contributed by atoms with E-state index in [2.05, 4.69) is 25.6 Å². The van der Waals surface area contributed by atoms with E-state index in [1.54, 1.807) is 12.3 Å². The van der Waals surface area contributed by atoms with Crippen LogP contribution in [0.2, 0.25) is 0 Å². The van der Waals surface area contributed by atoms with Gasteiger partial charge in [0.05, 0.1) is 37.5 Å². The summed E-state index contributed by atoms with van der Waals surface area (Å²) in [6, 6.07) is 15.5. The minimum absolute atomic E-state index is 0.0591. The zero-order valence-electron chi connectivity index (χ0n) is 20.3. The van der Waals surface area contributed by atoms with Gasteiger partial charge in [0.15, 0.2) is 5.82 Å². The third-order valence-corrected chi connectivity index (χ3v) is 5.82. The number of benzene rings is 2. The van der Waals surface area contributed by atoms with Crippen LogP contribution < -0.4 is 20.1 Å². The quantitative estimate of drug-likeness (QED) is 0.319. The second-order valence-corrected chi connectivity index (χ2v) is 8.13. The summed E-state index contributed by atoms with van der Waals surface area (Å²) in [4.78, 5) is 25.7. The lowest BCUT2D eigenvalue weighted by molar-refractivity contribution is 0.102. The van der Waals surface area contributed by atoms with Crippen molar-refractivity contribution in [3.63, 3.8) is 0 Å². The topological polar surface area (TPSA) is 103 Å². The van der Waals surface area contributed by atoms with Gasteiger partial charge in [-0.1, -0.05) is 18.2 Å². The van der Waals surface area contributed by atoms with Crippen molar-refractivity contribution >= 4 is 34.1 Å². The van der Waals surface area contributed by atoms with Gasteiger partial charge in [-0.15, -0.1) is 0 Å². The number of nitrogens with zero attached hydrogens (tertiary/aromatic N) is 4. The highest BCUT2D eigenvalue weighted by molar-refractivity contribution is 6.03. The second kappa shape index (κ2) is 9.94. The average Bonchev–Trinajstić information content (AvgIpc) is 3.27. The molecule has 0 aliphatic carbocycles. The Morgan fingerprint density at radius 3 is 2.59 bits per heavy atom. The van der Waals surface area contributed by atoms with Crippen molar-refractivity contribution in [1.82, 2.24) is 19.5 Å². The normalized spacial score (nSPS) is 10.8. The summed E-state index contributed by atoms with van der Waals surface area (Å²) in [7, 11) is 4.90. The summed E-state index contributed by atoms with van der Waals surface area (Å²) in [5, 5.41) is 6.69. The van der Waals surface area contributed by atoms with Gasteiger partial charge in [0, 0.05) is 42.0 Å². The van der Waals surface area contributed by atoms with Crippen LogP contribution in [0.4, 0.5) is 21.7 Å². The minimum atomic E-state index is -0.672. The van der Waals surface area contributed by atoms with Crippen LogP contribution in [0.1, 0.15) is 10.5 Å². The molecule has 0 aliphatic rings. The fraction of sp³-hybridized carbons (Fsp3) is 0.111. The van der Waals surface area contributed by atoms with Crippen LogP contribution in [-0.2, 0) is 7.05 Å². The molecule has 9 nitrogen and oxygen atoms in total. The maximum absolute atomic E-state index is 14.8. The van der Waals surface area contributed by atoms with E-state index in [-0.39, 0.29) is 23.1 Å². The largest absolute Gasteiger partial charge is 0.495 e. The second-order valence-electron chi connectivity index (χ2n) is 8.13. The lowest BCUT2D eigenvalue weighted by atomic mass is 10.1. The fourth-order valence-corrected chi connectivity index (χ4v) is 3.97. The van der Waals surface area contributed by atoms with E-state index >= 15 is 0 Å². The van der Waals surface area contributed by atoms with E-state index in [0.29, 0.717) is 11.4 Å². The molecular weight excluding hydrogens is 475 g/mol. The molecule has 0 saturated heterocycles. The van der Waals surface area contributed by atoms with Crippen molar-refractivity contribution in [1.29, 1.82) is 0 Å². The van der Waals surface area contributed by atoms with Crippen molar-refractivity contribution in [3.05, 3.63) is 84.7 Å². The van der Waals surface area contributed by atoms with Gasteiger partial charge in [0.1, 0.15) is 17.2 Å². The van der Waals surface area contributed by atoms with Crippen LogP contribution in [0, 0.1) is 5.82 Å². The molecule has 0 saturated carbocycles. The van der Waals surface area contributed by atoms with Crippen LogP contribution in [0.15, 0.2) is 73.2 Å². The molecule has 2 aromatic carbocycles. The van der Waals surface area contributed by atoms with Gasteiger partial charge in [-0.2, -0.15) is 0 Å². The Kier molecular flexibility index (Phi) is 6.38. The SMILES string of the molecule is COc1ccc(C(=O)Nc2cc(Nc3nccc(-c4cn(C)c5ccccc45)n3)c(OC)cc2F)nc1. The summed E-state index contributed by atoms with van der Waals surface area (Å²) >= 11 is 0. The maximum atomic E-state index is 14.8. The Hall–Kier alpha value is -4.99. The number of rotatable bonds is 7. The molecule has 0 fully saturated rings. The number of hydrogen-bond acceptors (Lipinski definition) is 7.